The molecule has 2 aliphatic heterocycles. The molecule has 2 aromatic rings. The summed E-state index contributed by atoms with van der Waals surface area (Å²) in [4.78, 5) is 18.6. The molecule has 0 saturated carbocycles. The highest BCUT2D eigenvalue weighted by Crippen LogP contribution is 2.31. The van der Waals surface area contributed by atoms with E-state index in [2.05, 4.69) is 20.3 Å². The fraction of sp³-hybridized carbons (Fsp3) is 0.238. The third-order valence-electron chi connectivity index (χ3n) is 4.69. The van der Waals surface area contributed by atoms with Gasteiger partial charge in [-0.2, -0.15) is 0 Å². The zero-order valence-electron chi connectivity index (χ0n) is 16.2. The van der Waals surface area contributed by atoms with Gasteiger partial charge < -0.3 is 15.0 Å². The number of para-hydroxylation sites is 1. The number of morpholine rings is 1. The fourth-order valence-electron chi connectivity index (χ4n) is 3.27. The molecule has 8 heteroatoms. The zero-order chi connectivity index (χ0) is 20.2. The van der Waals surface area contributed by atoms with Crippen LogP contribution in [0.5, 0.6) is 0 Å². The van der Waals surface area contributed by atoms with Gasteiger partial charge in [-0.1, -0.05) is 28.0 Å². The number of nitrogens with zero attached hydrogens (tertiary/aromatic N) is 4. The molecule has 2 heterocycles. The Balaban J connectivity index is 1.68. The van der Waals surface area contributed by atoms with Crippen LogP contribution in [0.25, 0.3) is 0 Å². The molecule has 29 heavy (non-hydrogen) atoms. The van der Waals surface area contributed by atoms with Gasteiger partial charge in [-0.05, 0) is 30.3 Å². The molecule has 0 aliphatic carbocycles. The standard InChI is InChI=1S/C21H22N6O2/c1-15(28)24-19-13-17(26-9-11-29-12-10-26)7-8-18(19)25-20-14-23-27(21(20)22)16-5-3-2-4-6-16/h2-8,13-14H,9-12H2,1H3,(H2,22,23,24,28)/p+1. The van der Waals surface area contributed by atoms with E-state index in [0.29, 0.717) is 36.1 Å². The van der Waals surface area contributed by atoms with Gasteiger partial charge in [0.05, 0.1) is 24.6 Å². The van der Waals surface area contributed by atoms with Gasteiger partial charge in [0.15, 0.2) is 11.4 Å². The maximum Gasteiger partial charge on any atom is 0.326 e. The van der Waals surface area contributed by atoms with E-state index in [9.17, 15) is 4.79 Å². The molecule has 0 bridgehead atoms. The lowest BCUT2D eigenvalue weighted by Crippen LogP contribution is -2.36. The highest BCUT2D eigenvalue weighted by Gasteiger charge is 2.23. The van der Waals surface area contributed by atoms with Crippen LogP contribution in [-0.4, -0.2) is 54.7 Å². The third-order valence-corrected chi connectivity index (χ3v) is 4.69. The number of nitrogens with two attached hydrogens (primary N) is 1. The molecule has 2 aliphatic rings. The number of carbonyl (C=O) groups excluding carboxylic acids is 1. The minimum Gasteiger partial charge on any atom is -0.378 e. The van der Waals surface area contributed by atoms with Crippen LogP contribution in [-0.2, 0) is 9.53 Å². The first-order chi connectivity index (χ1) is 14.1. The van der Waals surface area contributed by atoms with E-state index in [-0.39, 0.29) is 5.91 Å². The Kier molecular flexibility index (Phi) is 5.35. The molecule has 148 valence electrons. The SMILES string of the molecule is CC(=O)Nc1cc(N2CCOCC2)ccc1N=C1C=N[N+](c2ccccc2)=C1N. The van der Waals surface area contributed by atoms with Gasteiger partial charge in [0, 0.05) is 25.7 Å². The van der Waals surface area contributed by atoms with Crippen LogP contribution in [0.3, 0.4) is 0 Å². The molecule has 0 unspecified atom stereocenters. The van der Waals surface area contributed by atoms with E-state index in [0.717, 1.165) is 24.5 Å². The van der Waals surface area contributed by atoms with Crippen molar-refractivity contribution in [3.8, 4) is 0 Å². The largest absolute Gasteiger partial charge is 0.378 e. The van der Waals surface area contributed by atoms with Gasteiger partial charge in [-0.3, -0.25) is 10.5 Å². The van der Waals surface area contributed by atoms with Crippen LogP contribution >= 0.6 is 0 Å². The van der Waals surface area contributed by atoms with Crippen LogP contribution in [0.4, 0.5) is 22.7 Å². The molecular weight excluding hydrogens is 368 g/mol. The summed E-state index contributed by atoms with van der Waals surface area (Å²) in [7, 11) is 0. The Morgan fingerprint density at radius 2 is 1.97 bits per heavy atom. The quantitative estimate of drug-likeness (QED) is 0.782. The molecule has 8 nitrogen and oxygen atoms in total. The Morgan fingerprint density at radius 1 is 1.21 bits per heavy atom. The number of hydrogen-bond donors (Lipinski definition) is 2. The molecule has 0 radical (unpaired) electrons. The van der Waals surface area contributed by atoms with E-state index in [4.69, 9.17) is 10.5 Å². The lowest BCUT2D eigenvalue weighted by molar-refractivity contribution is -0.441. The number of anilines is 2. The van der Waals surface area contributed by atoms with E-state index >= 15 is 0 Å². The van der Waals surface area contributed by atoms with E-state index in [1.807, 2.05) is 48.5 Å². The second-order valence-corrected chi connectivity index (χ2v) is 6.76. The van der Waals surface area contributed by atoms with Gasteiger partial charge in [-0.15, -0.1) is 0 Å². The monoisotopic (exact) mass is 391 g/mol. The Morgan fingerprint density at radius 3 is 2.69 bits per heavy atom. The van der Waals surface area contributed by atoms with Gasteiger partial charge in [0.1, 0.15) is 6.21 Å². The molecule has 0 spiro atoms. The first kappa shape index (κ1) is 18.8. The third kappa shape index (κ3) is 4.17. The van der Waals surface area contributed by atoms with E-state index in [1.54, 1.807) is 10.9 Å². The van der Waals surface area contributed by atoms with Gasteiger partial charge >= 0.3 is 5.84 Å². The average Bonchev–Trinajstić information content (AvgIpc) is 3.10. The molecule has 3 N–H and O–H groups in total. The van der Waals surface area contributed by atoms with Crippen molar-refractivity contribution in [2.24, 2.45) is 15.8 Å². The van der Waals surface area contributed by atoms with Crippen LogP contribution in [0.1, 0.15) is 6.92 Å². The van der Waals surface area contributed by atoms with Crippen molar-refractivity contribution >= 4 is 46.4 Å². The summed E-state index contributed by atoms with van der Waals surface area (Å²) >= 11 is 0. The lowest BCUT2D eigenvalue weighted by atomic mass is 10.2. The van der Waals surface area contributed by atoms with Crippen molar-refractivity contribution in [2.45, 2.75) is 6.92 Å². The zero-order valence-corrected chi connectivity index (χ0v) is 16.2. The smallest absolute Gasteiger partial charge is 0.326 e. The lowest BCUT2D eigenvalue weighted by Gasteiger charge is -2.29. The maximum absolute atomic E-state index is 11.7. The molecule has 0 atom stereocenters. The van der Waals surface area contributed by atoms with Gasteiger partial charge in [-0.25, -0.2) is 4.99 Å². The molecule has 1 fully saturated rings. The summed E-state index contributed by atoms with van der Waals surface area (Å²) in [6.45, 7) is 4.49. The number of amides is 1. The topological polar surface area (TPSA) is 95.3 Å². The van der Waals surface area contributed by atoms with Crippen molar-refractivity contribution in [3.63, 3.8) is 0 Å². The summed E-state index contributed by atoms with van der Waals surface area (Å²) in [5.41, 5.74) is 9.95. The number of rotatable bonds is 4. The minimum atomic E-state index is -0.159. The predicted octanol–water partition coefficient (Wildman–Crippen LogP) is 2.25. The Labute approximate surface area is 169 Å². The van der Waals surface area contributed by atoms with Crippen molar-refractivity contribution < 1.29 is 14.2 Å². The van der Waals surface area contributed by atoms with Crippen molar-refractivity contribution in [1.82, 2.24) is 0 Å². The van der Waals surface area contributed by atoms with Crippen LogP contribution in [0, 0.1) is 0 Å². The second kappa shape index (κ2) is 8.24. The van der Waals surface area contributed by atoms with Crippen molar-refractivity contribution in [2.75, 3.05) is 36.5 Å². The molecule has 2 aromatic carbocycles. The number of hydrogen-bond acceptors (Lipinski definition) is 6. The van der Waals surface area contributed by atoms with Crippen LogP contribution < -0.4 is 16.0 Å². The maximum atomic E-state index is 11.7. The number of ether oxygens (including phenoxy) is 1. The van der Waals surface area contributed by atoms with Crippen LogP contribution in [0.2, 0.25) is 0 Å². The second-order valence-electron chi connectivity index (χ2n) is 6.76. The normalized spacial score (nSPS) is 17.8. The van der Waals surface area contributed by atoms with Crippen molar-refractivity contribution in [1.29, 1.82) is 0 Å². The number of carbonyl (C=O) groups is 1. The Hall–Kier alpha value is -3.52. The summed E-state index contributed by atoms with van der Waals surface area (Å²) in [5, 5.41) is 7.22. The van der Waals surface area contributed by atoms with Crippen molar-refractivity contribution in [3.05, 3.63) is 48.5 Å². The first-order valence-electron chi connectivity index (χ1n) is 9.47. The van der Waals surface area contributed by atoms with Gasteiger partial charge in [0.25, 0.3) is 0 Å². The highest BCUT2D eigenvalue weighted by molar-refractivity contribution is 6.62. The fourth-order valence-corrected chi connectivity index (χ4v) is 3.27. The predicted molar refractivity (Wildman–Crippen MR) is 115 cm³/mol. The molecular formula is C21H23N6O2+. The van der Waals surface area contributed by atoms with Crippen LogP contribution in [0.15, 0.2) is 58.6 Å². The number of aliphatic imine (C=N–C) groups is 1. The highest BCUT2D eigenvalue weighted by atomic mass is 16.5. The molecule has 1 saturated heterocycles. The number of benzene rings is 2. The number of hydrazone groups is 1. The summed E-state index contributed by atoms with van der Waals surface area (Å²) < 4.78 is 7.06. The number of amidine groups is 1. The Bertz CT molecular complexity index is 1010. The molecule has 4 rings (SSSR count). The summed E-state index contributed by atoms with van der Waals surface area (Å²) in [6, 6.07) is 15.4. The molecule has 0 aromatic heterocycles. The summed E-state index contributed by atoms with van der Waals surface area (Å²) in [6.07, 6.45) is 1.62. The average molecular weight is 391 g/mol. The summed E-state index contributed by atoms with van der Waals surface area (Å²) in [5.74, 6) is 0.274. The van der Waals surface area contributed by atoms with Gasteiger partial charge in [0.2, 0.25) is 5.91 Å². The van der Waals surface area contributed by atoms with E-state index in [1.165, 1.54) is 6.92 Å². The minimum absolute atomic E-state index is 0.159. The number of nitrogens with one attached hydrogen (secondary N) is 1. The first-order valence-corrected chi connectivity index (χ1v) is 9.47. The van der Waals surface area contributed by atoms with E-state index < -0.39 is 0 Å². The molecule has 1 amide bonds.